The fraction of sp³-hybridized carbons (Fsp3) is 1.00. The minimum atomic E-state index is -2.46. The van der Waals surface area contributed by atoms with E-state index in [0.29, 0.717) is 0 Å². The molecule has 19 heavy (non-hydrogen) atoms. The Morgan fingerprint density at radius 2 is 1.58 bits per heavy atom. The molecule has 1 heterocycles. The van der Waals surface area contributed by atoms with Gasteiger partial charge >= 0.3 is 8.80 Å². The summed E-state index contributed by atoms with van der Waals surface area (Å²) in [5.74, 6) is -0.558. The van der Waals surface area contributed by atoms with Crippen LogP contribution in [-0.2, 0) is 22.8 Å². The minimum absolute atomic E-state index is 0.558. The van der Waals surface area contributed by atoms with Crippen LogP contribution in [0.5, 0.6) is 0 Å². The van der Waals surface area contributed by atoms with Gasteiger partial charge in [-0.2, -0.15) is 0 Å². The third-order valence-corrected chi connectivity index (χ3v) is 6.72. The Bertz CT molecular complexity index is 250. The lowest BCUT2D eigenvalue weighted by Gasteiger charge is -2.35. The Morgan fingerprint density at radius 1 is 1.00 bits per heavy atom. The zero-order valence-corrected chi connectivity index (χ0v) is 13.7. The Morgan fingerprint density at radius 3 is 2.05 bits per heavy atom. The number of rotatable bonds is 9. The molecule has 0 aromatic carbocycles. The average molecular weight is 293 g/mol. The predicted molar refractivity (Wildman–Crippen MR) is 73.8 cm³/mol. The highest BCUT2D eigenvalue weighted by Gasteiger charge is 2.42. The van der Waals surface area contributed by atoms with E-state index in [0.717, 1.165) is 38.4 Å². The van der Waals surface area contributed by atoms with Crippen molar-refractivity contribution >= 4 is 8.80 Å². The molecular weight excluding hydrogens is 266 g/mol. The lowest BCUT2D eigenvalue weighted by atomic mass is 10.3. The highest BCUT2D eigenvalue weighted by atomic mass is 28.4. The highest BCUT2D eigenvalue weighted by molar-refractivity contribution is 6.60. The van der Waals surface area contributed by atoms with Gasteiger partial charge in [0.2, 0.25) is 5.91 Å². The van der Waals surface area contributed by atoms with Gasteiger partial charge in [-0.25, -0.2) is 0 Å². The van der Waals surface area contributed by atoms with E-state index in [-0.39, 0.29) is 0 Å². The summed E-state index contributed by atoms with van der Waals surface area (Å²) in [5.41, 5.74) is 0. The lowest BCUT2D eigenvalue weighted by Crippen LogP contribution is -2.48. The minimum Gasteiger partial charge on any atom is -0.377 e. The van der Waals surface area contributed by atoms with Crippen LogP contribution in [0.2, 0.25) is 6.04 Å². The number of methoxy groups -OCH3 is 2. The summed E-state index contributed by atoms with van der Waals surface area (Å²) in [4.78, 5) is 2.23. The van der Waals surface area contributed by atoms with Crippen LogP contribution in [0.15, 0.2) is 0 Å². The summed E-state index contributed by atoms with van der Waals surface area (Å²) in [5, 5.41) is 0. The number of likely N-dealkylation sites (tertiary alicyclic amines) is 1. The fourth-order valence-electron chi connectivity index (χ4n) is 2.69. The van der Waals surface area contributed by atoms with E-state index in [9.17, 15) is 0 Å². The van der Waals surface area contributed by atoms with Gasteiger partial charge in [-0.05, 0) is 12.8 Å². The van der Waals surface area contributed by atoms with Crippen molar-refractivity contribution in [3.63, 3.8) is 0 Å². The van der Waals surface area contributed by atoms with Crippen LogP contribution in [0.4, 0.5) is 0 Å². The van der Waals surface area contributed by atoms with Gasteiger partial charge in [-0.3, -0.25) is 4.90 Å². The van der Waals surface area contributed by atoms with Crippen LogP contribution in [0.3, 0.4) is 0 Å². The normalized spacial score (nSPS) is 20.1. The van der Waals surface area contributed by atoms with Crippen molar-refractivity contribution in [3.8, 4) is 0 Å². The molecule has 6 nitrogen and oxygen atoms in total. The second-order valence-corrected chi connectivity index (χ2v) is 7.70. The average Bonchev–Trinajstić information content (AvgIpc) is 2.87. The fourth-order valence-corrected chi connectivity index (χ4v) is 4.40. The molecule has 0 unspecified atom stereocenters. The maximum absolute atomic E-state index is 5.54. The molecule has 0 saturated carbocycles. The largest absolute Gasteiger partial charge is 0.500 e. The van der Waals surface area contributed by atoms with Crippen LogP contribution in [0.25, 0.3) is 0 Å². The molecule has 7 heteroatoms. The molecule has 1 fully saturated rings. The number of ether oxygens (including phenoxy) is 2. The quantitative estimate of drug-likeness (QED) is 0.472. The van der Waals surface area contributed by atoms with E-state index in [4.69, 9.17) is 22.8 Å². The molecular formula is C12H27NO5Si. The Balaban J connectivity index is 2.48. The first-order valence-corrected chi connectivity index (χ1v) is 8.56. The van der Waals surface area contributed by atoms with Crippen molar-refractivity contribution in [2.45, 2.75) is 31.2 Å². The molecule has 0 amide bonds. The van der Waals surface area contributed by atoms with Gasteiger partial charge in [0.15, 0.2) is 0 Å². The number of hydrogen-bond acceptors (Lipinski definition) is 6. The zero-order chi connectivity index (χ0) is 14.4. The summed E-state index contributed by atoms with van der Waals surface area (Å²) < 4.78 is 27.3. The Labute approximate surface area is 117 Å². The first kappa shape index (κ1) is 17.0. The highest BCUT2D eigenvalue weighted by Crippen LogP contribution is 2.31. The smallest absolute Gasteiger partial charge is 0.377 e. The van der Waals surface area contributed by atoms with E-state index >= 15 is 0 Å². The van der Waals surface area contributed by atoms with Gasteiger partial charge in [0.25, 0.3) is 0 Å². The lowest BCUT2D eigenvalue weighted by molar-refractivity contribution is -0.278. The molecule has 0 N–H and O–H groups in total. The molecule has 0 spiro atoms. The van der Waals surface area contributed by atoms with Crippen molar-refractivity contribution in [1.29, 1.82) is 0 Å². The van der Waals surface area contributed by atoms with Crippen molar-refractivity contribution in [2.24, 2.45) is 0 Å². The Kier molecular flexibility index (Phi) is 6.88. The molecule has 0 aromatic rings. The summed E-state index contributed by atoms with van der Waals surface area (Å²) in [7, 11) is 5.85. The summed E-state index contributed by atoms with van der Waals surface area (Å²) >= 11 is 0. The van der Waals surface area contributed by atoms with Crippen LogP contribution in [0, 0.1) is 0 Å². The Hall–Kier alpha value is -0.0231. The van der Waals surface area contributed by atoms with Crippen molar-refractivity contribution in [3.05, 3.63) is 0 Å². The molecule has 1 rings (SSSR count). The van der Waals surface area contributed by atoms with Crippen molar-refractivity contribution < 1.29 is 22.8 Å². The number of hydrogen-bond donors (Lipinski definition) is 0. The van der Waals surface area contributed by atoms with Gasteiger partial charge in [0.05, 0.1) is 0 Å². The van der Waals surface area contributed by atoms with Crippen LogP contribution < -0.4 is 0 Å². The molecule has 1 aliphatic rings. The maximum Gasteiger partial charge on any atom is 0.500 e. The van der Waals surface area contributed by atoms with Crippen molar-refractivity contribution in [1.82, 2.24) is 4.90 Å². The van der Waals surface area contributed by atoms with Gasteiger partial charge in [0, 0.05) is 61.1 Å². The van der Waals surface area contributed by atoms with Gasteiger partial charge < -0.3 is 22.8 Å². The molecule has 0 bridgehead atoms. The zero-order valence-electron chi connectivity index (χ0n) is 12.7. The topological polar surface area (TPSA) is 49.4 Å². The third kappa shape index (κ3) is 3.75. The summed E-state index contributed by atoms with van der Waals surface area (Å²) in [6, 6.07) is 0.788. The standard InChI is InChI=1S/C12H27NO5Si/c1-14-12(15-2)8-6-9-13(12)10-7-11-19(16-3,17-4)18-5/h6-11H2,1-5H3. The van der Waals surface area contributed by atoms with Gasteiger partial charge in [0.1, 0.15) is 0 Å². The van der Waals surface area contributed by atoms with Crippen LogP contribution >= 0.6 is 0 Å². The SMILES string of the molecule is COC1(OC)CCCN1CCC[Si](OC)(OC)OC. The van der Waals surface area contributed by atoms with E-state index in [2.05, 4.69) is 4.90 Å². The van der Waals surface area contributed by atoms with Crippen LogP contribution in [0.1, 0.15) is 19.3 Å². The van der Waals surface area contributed by atoms with E-state index in [1.807, 2.05) is 0 Å². The molecule has 0 radical (unpaired) electrons. The summed E-state index contributed by atoms with van der Waals surface area (Å²) in [6.07, 6.45) is 2.92. The molecule has 0 atom stereocenters. The summed E-state index contributed by atoms with van der Waals surface area (Å²) in [6.45, 7) is 1.87. The van der Waals surface area contributed by atoms with Crippen molar-refractivity contribution in [2.75, 3.05) is 48.6 Å². The van der Waals surface area contributed by atoms with Crippen LogP contribution in [-0.4, -0.2) is 68.3 Å². The first-order valence-electron chi connectivity index (χ1n) is 6.63. The second kappa shape index (κ2) is 7.68. The molecule has 114 valence electrons. The van der Waals surface area contributed by atoms with Gasteiger partial charge in [-0.15, -0.1) is 0 Å². The van der Waals surface area contributed by atoms with Gasteiger partial charge in [-0.1, -0.05) is 0 Å². The number of nitrogens with zero attached hydrogens (tertiary/aromatic N) is 1. The first-order chi connectivity index (χ1) is 9.12. The van der Waals surface area contributed by atoms with E-state index in [1.165, 1.54) is 0 Å². The second-order valence-electron chi connectivity index (χ2n) is 4.61. The third-order valence-electron chi connectivity index (χ3n) is 3.88. The van der Waals surface area contributed by atoms with E-state index in [1.54, 1.807) is 35.5 Å². The molecule has 0 aromatic heterocycles. The van der Waals surface area contributed by atoms with E-state index < -0.39 is 14.7 Å². The monoisotopic (exact) mass is 293 g/mol. The predicted octanol–water partition coefficient (Wildman–Crippen LogP) is 1.30. The maximum atomic E-state index is 5.54. The molecule has 1 aliphatic heterocycles. The molecule has 1 saturated heterocycles. The molecule has 0 aliphatic carbocycles.